The van der Waals surface area contributed by atoms with Gasteiger partial charge in [-0.05, 0) is 42.8 Å². The molecule has 0 spiro atoms. The maximum absolute atomic E-state index is 12.2. The Morgan fingerprint density at radius 1 is 1.26 bits per heavy atom. The number of amides is 1. The molecule has 23 heavy (non-hydrogen) atoms. The summed E-state index contributed by atoms with van der Waals surface area (Å²) in [7, 11) is 1.43. The Bertz CT molecular complexity index is 787. The molecule has 2 rings (SSSR count). The first-order valence-electron chi connectivity index (χ1n) is 6.90. The van der Waals surface area contributed by atoms with Crippen molar-refractivity contribution < 1.29 is 14.6 Å². The van der Waals surface area contributed by atoms with Gasteiger partial charge < -0.3 is 15.2 Å². The van der Waals surface area contributed by atoms with Crippen LogP contribution in [0.1, 0.15) is 11.1 Å². The average molecular weight is 308 g/mol. The van der Waals surface area contributed by atoms with Crippen LogP contribution in [0.25, 0.3) is 6.08 Å². The Hall–Kier alpha value is -3.26. The average Bonchev–Trinajstić information content (AvgIpc) is 2.56. The highest BCUT2D eigenvalue weighted by Crippen LogP contribution is 2.27. The topological polar surface area (TPSA) is 82.3 Å². The van der Waals surface area contributed by atoms with Crippen LogP contribution in [0, 0.1) is 18.3 Å². The van der Waals surface area contributed by atoms with Crippen molar-refractivity contribution in [2.24, 2.45) is 0 Å². The van der Waals surface area contributed by atoms with Crippen LogP contribution in [-0.4, -0.2) is 18.1 Å². The smallest absolute Gasteiger partial charge is 0.266 e. The van der Waals surface area contributed by atoms with Crippen molar-refractivity contribution in [2.75, 3.05) is 12.4 Å². The zero-order valence-electron chi connectivity index (χ0n) is 12.8. The minimum absolute atomic E-state index is 0.00716. The number of carbonyl (C=O) groups is 1. The number of aromatic hydroxyl groups is 1. The highest BCUT2D eigenvalue weighted by atomic mass is 16.5. The Morgan fingerprint density at radius 3 is 2.57 bits per heavy atom. The zero-order chi connectivity index (χ0) is 16.8. The van der Waals surface area contributed by atoms with Crippen LogP contribution in [0.4, 0.5) is 5.69 Å². The molecule has 2 aromatic carbocycles. The third kappa shape index (κ3) is 4.11. The van der Waals surface area contributed by atoms with Crippen molar-refractivity contribution in [1.82, 2.24) is 0 Å². The lowest BCUT2D eigenvalue weighted by Crippen LogP contribution is -2.13. The molecule has 116 valence electrons. The summed E-state index contributed by atoms with van der Waals surface area (Å²) in [6, 6.07) is 13.7. The van der Waals surface area contributed by atoms with Crippen molar-refractivity contribution in [3.05, 3.63) is 59.2 Å². The molecule has 0 saturated heterocycles. The van der Waals surface area contributed by atoms with Gasteiger partial charge in [0, 0.05) is 5.69 Å². The van der Waals surface area contributed by atoms with Gasteiger partial charge >= 0.3 is 0 Å². The first-order chi connectivity index (χ1) is 11.0. The summed E-state index contributed by atoms with van der Waals surface area (Å²) in [4.78, 5) is 12.2. The third-order valence-electron chi connectivity index (χ3n) is 3.19. The van der Waals surface area contributed by atoms with Gasteiger partial charge in [-0.25, -0.2) is 0 Å². The summed E-state index contributed by atoms with van der Waals surface area (Å²) in [5.74, 6) is -0.231. The Labute approximate surface area is 134 Å². The molecule has 5 heteroatoms. The number of nitriles is 1. The number of phenolic OH excluding ortho intramolecular Hbond substituents is 1. The van der Waals surface area contributed by atoms with Crippen LogP contribution in [0.15, 0.2) is 48.0 Å². The van der Waals surface area contributed by atoms with E-state index in [0.717, 1.165) is 5.56 Å². The van der Waals surface area contributed by atoms with Crippen molar-refractivity contribution in [3.63, 3.8) is 0 Å². The molecule has 0 radical (unpaired) electrons. The van der Waals surface area contributed by atoms with Gasteiger partial charge in [0.1, 0.15) is 11.6 Å². The first kappa shape index (κ1) is 16.1. The van der Waals surface area contributed by atoms with E-state index >= 15 is 0 Å². The number of methoxy groups -OCH3 is 1. The highest BCUT2D eigenvalue weighted by molar-refractivity contribution is 6.09. The second-order valence-corrected chi connectivity index (χ2v) is 4.92. The molecule has 0 atom stereocenters. The fraction of sp³-hybridized carbons (Fsp3) is 0.111. The number of nitrogens with zero attached hydrogens (tertiary/aromatic N) is 1. The van der Waals surface area contributed by atoms with Gasteiger partial charge in [-0.3, -0.25) is 4.79 Å². The molecule has 0 fully saturated rings. The number of phenols is 1. The number of rotatable bonds is 4. The highest BCUT2D eigenvalue weighted by Gasteiger charge is 2.10. The molecule has 5 nitrogen and oxygen atoms in total. The van der Waals surface area contributed by atoms with E-state index in [4.69, 9.17) is 4.74 Å². The molecule has 0 unspecified atom stereocenters. The Kier molecular flexibility index (Phi) is 5.00. The van der Waals surface area contributed by atoms with Crippen LogP contribution in [0.5, 0.6) is 11.5 Å². The van der Waals surface area contributed by atoms with Gasteiger partial charge in [0.2, 0.25) is 0 Å². The van der Waals surface area contributed by atoms with Gasteiger partial charge in [-0.15, -0.1) is 0 Å². The molecule has 0 aromatic heterocycles. The lowest BCUT2D eigenvalue weighted by Gasteiger charge is -2.06. The fourth-order valence-corrected chi connectivity index (χ4v) is 1.93. The minimum atomic E-state index is -0.497. The second-order valence-electron chi connectivity index (χ2n) is 4.92. The number of carbonyl (C=O) groups excluding carboxylic acids is 1. The summed E-state index contributed by atoms with van der Waals surface area (Å²) in [6.45, 7) is 1.95. The van der Waals surface area contributed by atoms with Gasteiger partial charge in [-0.1, -0.05) is 23.8 Å². The van der Waals surface area contributed by atoms with Crippen LogP contribution in [0.2, 0.25) is 0 Å². The van der Waals surface area contributed by atoms with E-state index in [2.05, 4.69) is 5.32 Å². The summed E-state index contributed by atoms with van der Waals surface area (Å²) in [6.07, 6.45) is 1.44. The van der Waals surface area contributed by atoms with Gasteiger partial charge in [-0.2, -0.15) is 5.26 Å². The normalized spacial score (nSPS) is 10.7. The predicted molar refractivity (Wildman–Crippen MR) is 88.1 cm³/mol. The van der Waals surface area contributed by atoms with E-state index in [-0.39, 0.29) is 17.1 Å². The fourth-order valence-electron chi connectivity index (χ4n) is 1.93. The Balaban J connectivity index is 2.23. The lowest BCUT2D eigenvalue weighted by molar-refractivity contribution is -0.112. The summed E-state index contributed by atoms with van der Waals surface area (Å²) in [5.41, 5.74) is 2.23. The van der Waals surface area contributed by atoms with Crippen LogP contribution >= 0.6 is 0 Å². The molecular formula is C18H16N2O3. The quantitative estimate of drug-likeness (QED) is 0.671. The molecule has 2 aromatic rings. The lowest BCUT2D eigenvalue weighted by atomic mass is 10.1. The van der Waals surface area contributed by atoms with Crippen LogP contribution < -0.4 is 10.1 Å². The van der Waals surface area contributed by atoms with Gasteiger partial charge in [0.15, 0.2) is 11.5 Å². The maximum Gasteiger partial charge on any atom is 0.266 e. The van der Waals surface area contributed by atoms with E-state index in [0.29, 0.717) is 11.3 Å². The number of ether oxygens (including phenoxy) is 1. The van der Waals surface area contributed by atoms with E-state index in [1.807, 2.05) is 25.1 Å². The molecule has 1 amide bonds. The van der Waals surface area contributed by atoms with Crippen molar-refractivity contribution in [2.45, 2.75) is 6.92 Å². The van der Waals surface area contributed by atoms with Crippen LogP contribution in [0.3, 0.4) is 0 Å². The van der Waals surface area contributed by atoms with Gasteiger partial charge in [0.05, 0.1) is 7.11 Å². The molecule has 0 saturated carbocycles. The van der Waals surface area contributed by atoms with Gasteiger partial charge in [0.25, 0.3) is 5.91 Å². The number of aryl methyl sites for hydroxylation is 1. The van der Waals surface area contributed by atoms with E-state index in [1.54, 1.807) is 24.3 Å². The second kappa shape index (κ2) is 7.14. The number of hydrogen-bond donors (Lipinski definition) is 2. The summed E-state index contributed by atoms with van der Waals surface area (Å²) in [5, 5.41) is 21.4. The van der Waals surface area contributed by atoms with Crippen LogP contribution in [-0.2, 0) is 4.79 Å². The number of anilines is 1. The third-order valence-corrected chi connectivity index (χ3v) is 3.19. The van der Waals surface area contributed by atoms with E-state index < -0.39 is 5.91 Å². The molecule has 2 N–H and O–H groups in total. The summed E-state index contributed by atoms with van der Waals surface area (Å²) < 4.78 is 5.01. The molecule has 0 aliphatic heterocycles. The van der Waals surface area contributed by atoms with E-state index in [1.165, 1.54) is 19.3 Å². The maximum atomic E-state index is 12.2. The number of benzene rings is 2. The number of hydrogen-bond acceptors (Lipinski definition) is 4. The SMILES string of the molecule is COc1cc(/C=C(\C#N)C(=O)Nc2ccc(C)cc2)ccc1O. The monoisotopic (exact) mass is 308 g/mol. The van der Waals surface area contributed by atoms with E-state index in [9.17, 15) is 15.2 Å². The predicted octanol–water partition coefficient (Wildman–Crippen LogP) is 3.25. The first-order valence-corrected chi connectivity index (χ1v) is 6.90. The summed E-state index contributed by atoms with van der Waals surface area (Å²) >= 11 is 0. The van der Waals surface area contributed by atoms with Crippen molar-refractivity contribution >= 4 is 17.7 Å². The minimum Gasteiger partial charge on any atom is -0.504 e. The Morgan fingerprint density at radius 2 is 1.96 bits per heavy atom. The van der Waals surface area contributed by atoms with Crippen molar-refractivity contribution in [3.8, 4) is 17.6 Å². The number of nitrogens with one attached hydrogen (secondary N) is 1. The van der Waals surface area contributed by atoms with Crippen molar-refractivity contribution in [1.29, 1.82) is 5.26 Å². The molecular weight excluding hydrogens is 292 g/mol. The standard InChI is InChI=1S/C18H16N2O3/c1-12-3-6-15(7-4-12)20-18(22)14(11-19)9-13-5-8-16(21)17(10-13)23-2/h3-10,21H,1-2H3,(H,20,22)/b14-9+. The zero-order valence-corrected chi connectivity index (χ0v) is 12.8. The molecule has 0 aliphatic carbocycles. The molecule has 0 aliphatic rings. The largest absolute Gasteiger partial charge is 0.504 e. The molecule has 0 heterocycles. The molecule has 0 bridgehead atoms.